The van der Waals surface area contributed by atoms with Crippen molar-refractivity contribution in [3.05, 3.63) is 0 Å². The number of nitrogens with zero attached hydrogens (tertiary/aromatic N) is 1. The highest BCUT2D eigenvalue weighted by Crippen LogP contribution is 2.34. The van der Waals surface area contributed by atoms with Gasteiger partial charge in [-0.15, -0.1) is 0 Å². The molecule has 1 N–H and O–H groups in total. The van der Waals surface area contributed by atoms with Crippen LogP contribution in [-0.4, -0.2) is 13.1 Å². The molecule has 0 aromatic rings. The van der Waals surface area contributed by atoms with E-state index in [2.05, 4.69) is 18.3 Å². The Labute approximate surface area is 107 Å². The molecule has 1 aliphatic carbocycles. The Morgan fingerprint density at radius 1 is 1.24 bits per heavy atom. The number of nitrogens with one attached hydrogen (secondary N) is 1. The molecular weight excluding hydrogens is 208 g/mol. The fourth-order valence-corrected chi connectivity index (χ4v) is 2.68. The molecule has 0 amide bonds. The summed E-state index contributed by atoms with van der Waals surface area (Å²) in [5, 5.41) is 12.5. The summed E-state index contributed by atoms with van der Waals surface area (Å²) in [6.07, 6.45) is 9.09. The molecule has 1 aliphatic rings. The highest BCUT2D eigenvalue weighted by molar-refractivity contribution is 4.91. The van der Waals surface area contributed by atoms with Crippen LogP contribution in [0.3, 0.4) is 0 Å². The topological polar surface area (TPSA) is 35.8 Å². The Morgan fingerprint density at radius 3 is 2.47 bits per heavy atom. The van der Waals surface area contributed by atoms with Gasteiger partial charge in [-0.25, -0.2) is 0 Å². The third-order valence-corrected chi connectivity index (χ3v) is 4.07. The summed E-state index contributed by atoms with van der Waals surface area (Å²) in [6, 6.07) is 2.36. The first-order chi connectivity index (χ1) is 7.97. The Kier molecular flexibility index (Phi) is 5.46. The van der Waals surface area contributed by atoms with Crippen molar-refractivity contribution in [3.63, 3.8) is 0 Å². The molecule has 2 heteroatoms. The summed E-state index contributed by atoms with van der Waals surface area (Å²) in [6.45, 7) is 8.67. The molecule has 0 bridgehead atoms. The fraction of sp³-hybridized carbons (Fsp3) is 0.933. The Bertz CT molecular complexity index is 257. The Hall–Kier alpha value is -0.550. The predicted octanol–water partition coefficient (Wildman–Crippen LogP) is 3.88. The smallest absolute Gasteiger partial charge is 0.0683 e. The molecule has 0 spiro atoms. The van der Waals surface area contributed by atoms with E-state index in [9.17, 15) is 0 Å². The first kappa shape index (κ1) is 14.5. The lowest BCUT2D eigenvalue weighted by Crippen LogP contribution is -2.34. The van der Waals surface area contributed by atoms with Gasteiger partial charge in [-0.2, -0.15) is 5.26 Å². The summed E-state index contributed by atoms with van der Waals surface area (Å²) in [4.78, 5) is 0. The van der Waals surface area contributed by atoms with Crippen LogP contribution in [0.5, 0.6) is 0 Å². The van der Waals surface area contributed by atoms with E-state index in [1.54, 1.807) is 0 Å². The van der Waals surface area contributed by atoms with Crippen LogP contribution in [-0.2, 0) is 0 Å². The second-order valence-electron chi connectivity index (χ2n) is 6.65. The van der Waals surface area contributed by atoms with Gasteiger partial charge in [-0.05, 0) is 51.5 Å². The van der Waals surface area contributed by atoms with Gasteiger partial charge in [0.05, 0.1) is 11.5 Å². The third kappa shape index (κ3) is 5.55. The predicted molar refractivity (Wildman–Crippen MR) is 72.7 cm³/mol. The summed E-state index contributed by atoms with van der Waals surface area (Å²) >= 11 is 0. The monoisotopic (exact) mass is 236 g/mol. The molecule has 1 fully saturated rings. The quantitative estimate of drug-likeness (QED) is 0.710. The van der Waals surface area contributed by atoms with Gasteiger partial charge < -0.3 is 5.32 Å². The van der Waals surface area contributed by atoms with Gasteiger partial charge in [-0.1, -0.05) is 26.2 Å². The molecule has 1 rings (SSSR count). The van der Waals surface area contributed by atoms with Crippen LogP contribution in [0, 0.1) is 22.2 Å². The summed E-state index contributed by atoms with van der Waals surface area (Å²) < 4.78 is 0. The van der Waals surface area contributed by atoms with Gasteiger partial charge in [0.2, 0.25) is 0 Å². The molecule has 0 aromatic heterocycles. The molecule has 1 saturated carbocycles. The zero-order valence-electron chi connectivity index (χ0n) is 11.8. The van der Waals surface area contributed by atoms with Crippen molar-refractivity contribution < 1.29 is 0 Å². The zero-order valence-corrected chi connectivity index (χ0v) is 11.8. The Morgan fingerprint density at radius 2 is 1.88 bits per heavy atom. The van der Waals surface area contributed by atoms with E-state index in [-0.39, 0.29) is 5.41 Å². The molecular formula is C15H28N2. The molecule has 0 atom stereocenters. The minimum atomic E-state index is -0.156. The Balaban J connectivity index is 2.10. The first-order valence-corrected chi connectivity index (χ1v) is 7.09. The van der Waals surface area contributed by atoms with Crippen molar-refractivity contribution in [3.8, 4) is 6.07 Å². The maximum atomic E-state index is 8.93. The van der Waals surface area contributed by atoms with Gasteiger partial charge >= 0.3 is 0 Å². The largest absolute Gasteiger partial charge is 0.316 e. The van der Waals surface area contributed by atoms with Crippen LogP contribution in [0.15, 0.2) is 0 Å². The van der Waals surface area contributed by atoms with E-state index < -0.39 is 0 Å². The number of rotatable bonds is 6. The van der Waals surface area contributed by atoms with Crippen molar-refractivity contribution in [2.24, 2.45) is 10.8 Å². The van der Waals surface area contributed by atoms with Gasteiger partial charge in [0.1, 0.15) is 0 Å². The molecule has 98 valence electrons. The fourth-order valence-electron chi connectivity index (χ4n) is 2.68. The van der Waals surface area contributed by atoms with Crippen LogP contribution < -0.4 is 5.32 Å². The summed E-state index contributed by atoms with van der Waals surface area (Å²) in [5.74, 6) is 0. The lowest BCUT2D eigenvalue weighted by molar-refractivity contribution is 0.207. The van der Waals surface area contributed by atoms with Crippen LogP contribution in [0.1, 0.15) is 65.7 Å². The molecule has 0 saturated heterocycles. The van der Waals surface area contributed by atoms with E-state index >= 15 is 0 Å². The molecule has 0 aromatic carbocycles. The standard InChI is InChI=1S/C15H28N2/c1-14(2,12-16)8-7-11-17-13-15(3)9-5-4-6-10-15/h17H,4-11,13H2,1-3H3. The summed E-state index contributed by atoms with van der Waals surface area (Å²) in [5.41, 5.74) is 0.374. The van der Waals surface area contributed by atoms with Crippen molar-refractivity contribution in [2.75, 3.05) is 13.1 Å². The molecule has 0 radical (unpaired) electrons. The highest BCUT2D eigenvalue weighted by Gasteiger charge is 2.26. The van der Waals surface area contributed by atoms with Crippen molar-refractivity contribution in [1.29, 1.82) is 5.26 Å². The minimum absolute atomic E-state index is 0.156. The van der Waals surface area contributed by atoms with Crippen LogP contribution in [0.4, 0.5) is 0 Å². The van der Waals surface area contributed by atoms with Gasteiger partial charge in [-0.3, -0.25) is 0 Å². The van der Waals surface area contributed by atoms with Crippen LogP contribution >= 0.6 is 0 Å². The maximum Gasteiger partial charge on any atom is 0.0683 e. The van der Waals surface area contributed by atoms with E-state index in [0.29, 0.717) is 5.41 Å². The van der Waals surface area contributed by atoms with Crippen molar-refractivity contribution in [1.82, 2.24) is 5.32 Å². The number of hydrogen-bond acceptors (Lipinski definition) is 2. The van der Waals surface area contributed by atoms with E-state index in [1.807, 2.05) is 13.8 Å². The minimum Gasteiger partial charge on any atom is -0.316 e. The zero-order chi connectivity index (χ0) is 12.8. The molecule has 0 heterocycles. The second-order valence-corrected chi connectivity index (χ2v) is 6.65. The van der Waals surface area contributed by atoms with Gasteiger partial charge in [0, 0.05) is 6.54 Å². The van der Waals surface area contributed by atoms with Gasteiger partial charge in [0.15, 0.2) is 0 Å². The average molecular weight is 236 g/mol. The second kappa shape index (κ2) is 6.40. The van der Waals surface area contributed by atoms with E-state index in [1.165, 1.54) is 32.1 Å². The molecule has 0 aliphatic heterocycles. The van der Waals surface area contributed by atoms with Crippen molar-refractivity contribution in [2.45, 2.75) is 65.7 Å². The summed E-state index contributed by atoms with van der Waals surface area (Å²) in [7, 11) is 0. The van der Waals surface area contributed by atoms with Crippen molar-refractivity contribution >= 4 is 0 Å². The first-order valence-electron chi connectivity index (χ1n) is 7.09. The average Bonchev–Trinajstić information content (AvgIpc) is 2.29. The number of hydrogen-bond donors (Lipinski definition) is 1. The SMILES string of the molecule is CC(C)(C#N)CCCNCC1(C)CCCCC1. The highest BCUT2D eigenvalue weighted by atomic mass is 14.9. The lowest BCUT2D eigenvalue weighted by atomic mass is 9.76. The molecule has 17 heavy (non-hydrogen) atoms. The van der Waals surface area contributed by atoms with Crippen LogP contribution in [0.2, 0.25) is 0 Å². The van der Waals surface area contributed by atoms with E-state index in [4.69, 9.17) is 5.26 Å². The molecule has 2 nitrogen and oxygen atoms in total. The lowest BCUT2D eigenvalue weighted by Gasteiger charge is -2.33. The van der Waals surface area contributed by atoms with Crippen LogP contribution in [0.25, 0.3) is 0 Å². The third-order valence-electron chi connectivity index (χ3n) is 4.07. The van der Waals surface area contributed by atoms with E-state index in [0.717, 1.165) is 25.9 Å². The normalized spacial score (nSPS) is 19.9. The molecule has 0 unspecified atom stereocenters. The van der Waals surface area contributed by atoms with Gasteiger partial charge in [0.25, 0.3) is 0 Å². The number of nitriles is 1. The maximum absolute atomic E-state index is 8.93.